The van der Waals surface area contributed by atoms with Gasteiger partial charge in [-0.25, -0.2) is 0 Å². The molecule has 1 atom stereocenters. The first-order valence-corrected chi connectivity index (χ1v) is 8.74. The Kier molecular flexibility index (Phi) is 6.46. The molecule has 1 amide bonds. The van der Waals surface area contributed by atoms with E-state index in [9.17, 15) is 4.79 Å². The van der Waals surface area contributed by atoms with E-state index in [4.69, 9.17) is 14.2 Å². The lowest BCUT2D eigenvalue weighted by atomic mass is 10.2. The highest BCUT2D eigenvalue weighted by molar-refractivity contribution is 5.94. The number of nitrogens with one attached hydrogen (secondary N) is 1. The van der Waals surface area contributed by atoms with Crippen LogP contribution in [-0.2, 0) is 9.47 Å². The molecule has 3 rings (SSSR count). The van der Waals surface area contributed by atoms with E-state index in [0.29, 0.717) is 24.5 Å². The first-order valence-electron chi connectivity index (χ1n) is 8.74. The Morgan fingerprint density at radius 3 is 2.96 bits per heavy atom. The van der Waals surface area contributed by atoms with Crippen molar-refractivity contribution in [3.05, 3.63) is 29.8 Å². The van der Waals surface area contributed by atoms with E-state index in [1.807, 2.05) is 18.2 Å². The van der Waals surface area contributed by atoms with Gasteiger partial charge in [0.15, 0.2) is 0 Å². The molecule has 24 heavy (non-hydrogen) atoms. The van der Waals surface area contributed by atoms with Gasteiger partial charge in [0.05, 0.1) is 19.3 Å². The normalized spacial score (nSPS) is 21.6. The van der Waals surface area contributed by atoms with Gasteiger partial charge in [0.2, 0.25) is 0 Å². The van der Waals surface area contributed by atoms with Crippen LogP contribution < -0.4 is 10.1 Å². The molecule has 2 fully saturated rings. The monoisotopic (exact) mass is 334 g/mol. The summed E-state index contributed by atoms with van der Waals surface area (Å²) in [5.74, 6) is 0.650. The van der Waals surface area contributed by atoms with E-state index >= 15 is 0 Å². The highest BCUT2D eigenvalue weighted by Crippen LogP contribution is 2.17. The lowest BCUT2D eigenvalue weighted by molar-refractivity contribution is 0.0383. The number of carbonyl (C=O) groups is 1. The van der Waals surface area contributed by atoms with Crippen LogP contribution in [0.3, 0.4) is 0 Å². The Hall–Kier alpha value is -1.63. The summed E-state index contributed by atoms with van der Waals surface area (Å²) in [5.41, 5.74) is 0.627. The molecule has 132 valence electrons. The largest absolute Gasteiger partial charge is 0.491 e. The van der Waals surface area contributed by atoms with Crippen LogP contribution in [0.25, 0.3) is 0 Å². The molecule has 0 saturated carbocycles. The molecule has 0 radical (unpaired) electrons. The Morgan fingerprint density at radius 1 is 1.29 bits per heavy atom. The summed E-state index contributed by atoms with van der Waals surface area (Å²) in [5, 5.41) is 2.97. The molecular weight excluding hydrogens is 308 g/mol. The maximum atomic E-state index is 12.3. The van der Waals surface area contributed by atoms with Gasteiger partial charge in [-0.3, -0.25) is 9.69 Å². The average Bonchev–Trinajstić information content (AvgIpc) is 3.15. The van der Waals surface area contributed by atoms with Gasteiger partial charge >= 0.3 is 0 Å². The van der Waals surface area contributed by atoms with Gasteiger partial charge in [-0.1, -0.05) is 6.07 Å². The van der Waals surface area contributed by atoms with Gasteiger partial charge in [0.1, 0.15) is 12.4 Å². The molecule has 0 aromatic heterocycles. The average molecular weight is 334 g/mol. The fourth-order valence-corrected chi connectivity index (χ4v) is 2.95. The van der Waals surface area contributed by atoms with Crippen molar-refractivity contribution in [2.75, 3.05) is 52.6 Å². The van der Waals surface area contributed by atoms with Gasteiger partial charge in [0.25, 0.3) is 5.91 Å². The topological polar surface area (TPSA) is 60.0 Å². The highest BCUT2D eigenvalue weighted by Gasteiger charge is 2.16. The Morgan fingerprint density at radius 2 is 2.17 bits per heavy atom. The number of ether oxygens (including phenoxy) is 3. The fourth-order valence-electron chi connectivity index (χ4n) is 2.95. The molecule has 2 aliphatic rings. The second kappa shape index (κ2) is 9.01. The van der Waals surface area contributed by atoms with Crippen LogP contribution >= 0.6 is 0 Å². The summed E-state index contributed by atoms with van der Waals surface area (Å²) in [6.07, 6.45) is 2.32. The lowest BCUT2D eigenvalue weighted by Crippen LogP contribution is -2.41. The summed E-state index contributed by atoms with van der Waals surface area (Å²) in [6.45, 7) is 6.27. The number of hydrogen-bond donors (Lipinski definition) is 1. The summed E-state index contributed by atoms with van der Waals surface area (Å²) in [7, 11) is 0. The first-order chi connectivity index (χ1) is 11.8. The molecule has 2 saturated heterocycles. The Balaban J connectivity index is 1.42. The van der Waals surface area contributed by atoms with E-state index in [0.717, 1.165) is 52.3 Å². The zero-order valence-corrected chi connectivity index (χ0v) is 14.0. The summed E-state index contributed by atoms with van der Waals surface area (Å²) in [6, 6.07) is 7.32. The van der Waals surface area contributed by atoms with Gasteiger partial charge in [-0.15, -0.1) is 0 Å². The molecular formula is C18H26N2O4. The second-order valence-corrected chi connectivity index (χ2v) is 6.18. The van der Waals surface area contributed by atoms with Crippen molar-refractivity contribution < 1.29 is 19.0 Å². The minimum absolute atomic E-state index is 0.0641. The maximum absolute atomic E-state index is 12.3. The van der Waals surface area contributed by atoms with Crippen molar-refractivity contribution in [1.29, 1.82) is 0 Å². The zero-order chi connectivity index (χ0) is 16.6. The molecule has 1 aromatic rings. The lowest BCUT2D eigenvalue weighted by Gasteiger charge is -2.26. The summed E-state index contributed by atoms with van der Waals surface area (Å²) >= 11 is 0. The standard InChI is InChI=1S/C18H26N2O4/c21-18(19-6-7-20-8-11-22-12-9-20)15-3-1-4-16(13-15)24-14-17-5-2-10-23-17/h1,3-4,13,17H,2,5-12,14H2,(H,19,21)/t17-/m1/s1. The van der Waals surface area contributed by atoms with Gasteiger partial charge in [-0.2, -0.15) is 0 Å². The summed E-state index contributed by atoms with van der Waals surface area (Å²) in [4.78, 5) is 14.6. The van der Waals surface area contributed by atoms with E-state index in [-0.39, 0.29) is 12.0 Å². The van der Waals surface area contributed by atoms with Crippen molar-refractivity contribution in [2.45, 2.75) is 18.9 Å². The van der Waals surface area contributed by atoms with E-state index < -0.39 is 0 Å². The summed E-state index contributed by atoms with van der Waals surface area (Å²) < 4.78 is 16.6. The predicted molar refractivity (Wildman–Crippen MR) is 90.5 cm³/mol. The van der Waals surface area contributed by atoms with Gasteiger partial charge < -0.3 is 19.5 Å². The molecule has 0 unspecified atom stereocenters. The zero-order valence-electron chi connectivity index (χ0n) is 14.0. The second-order valence-electron chi connectivity index (χ2n) is 6.18. The molecule has 2 heterocycles. The van der Waals surface area contributed by atoms with Crippen LogP contribution in [0.15, 0.2) is 24.3 Å². The van der Waals surface area contributed by atoms with E-state index in [1.54, 1.807) is 6.07 Å². The molecule has 1 aromatic carbocycles. The third-order valence-electron chi connectivity index (χ3n) is 4.37. The van der Waals surface area contributed by atoms with Gasteiger partial charge in [-0.05, 0) is 31.0 Å². The molecule has 6 nitrogen and oxygen atoms in total. The predicted octanol–water partition coefficient (Wildman–Crippen LogP) is 1.31. The van der Waals surface area contributed by atoms with Crippen LogP contribution in [-0.4, -0.2) is 69.5 Å². The molecule has 0 aliphatic carbocycles. The quantitative estimate of drug-likeness (QED) is 0.815. The number of benzene rings is 1. The van der Waals surface area contributed by atoms with E-state index in [2.05, 4.69) is 10.2 Å². The van der Waals surface area contributed by atoms with Crippen LogP contribution in [0.1, 0.15) is 23.2 Å². The fraction of sp³-hybridized carbons (Fsp3) is 0.611. The first kappa shape index (κ1) is 17.2. The molecule has 0 spiro atoms. The van der Waals surface area contributed by atoms with Crippen molar-refractivity contribution in [2.24, 2.45) is 0 Å². The SMILES string of the molecule is O=C(NCCN1CCOCC1)c1cccc(OC[C@H]2CCCO2)c1. The maximum Gasteiger partial charge on any atom is 0.251 e. The number of nitrogens with zero attached hydrogens (tertiary/aromatic N) is 1. The van der Waals surface area contributed by atoms with Crippen molar-refractivity contribution >= 4 is 5.91 Å². The van der Waals surface area contributed by atoms with Gasteiger partial charge in [0, 0.05) is 38.3 Å². The van der Waals surface area contributed by atoms with E-state index in [1.165, 1.54) is 0 Å². The number of morpholine rings is 1. The molecule has 6 heteroatoms. The van der Waals surface area contributed by atoms with Crippen molar-refractivity contribution in [1.82, 2.24) is 10.2 Å². The number of hydrogen-bond acceptors (Lipinski definition) is 5. The number of rotatable bonds is 7. The van der Waals surface area contributed by atoms with Crippen LogP contribution in [0.4, 0.5) is 0 Å². The van der Waals surface area contributed by atoms with Crippen molar-refractivity contribution in [3.63, 3.8) is 0 Å². The minimum atomic E-state index is -0.0641. The third kappa shape index (κ3) is 5.19. The van der Waals surface area contributed by atoms with Crippen molar-refractivity contribution in [3.8, 4) is 5.75 Å². The Bertz CT molecular complexity index is 526. The van der Waals surface area contributed by atoms with Crippen LogP contribution in [0, 0.1) is 0 Å². The van der Waals surface area contributed by atoms with Crippen LogP contribution in [0.5, 0.6) is 5.75 Å². The highest BCUT2D eigenvalue weighted by atomic mass is 16.5. The smallest absolute Gasteiger partial charge is 0.251 e. The van der Waals surface area contributed by atoms with Crippen LogP contribution in [0.2, 0.25) is 0 Å². The number of carbonyl (C=O) groups excluding carboxylic acids is 1. The Labute approximate surface area is 143 Å². The molecule has 0 bridgehead atoms. The minimum Gasteiger partial charge on any atom is -0.491 e. The third-order valence-corrected chi connectivity index (χ3v) is 4.37. The molecule has 2 aliphatic heterocycles. The number of amides is 1. The molecule has 1 N–H and O–H groups in total.